The molecule has 2 N–H and O–H groups in total. The highest BCUT2D eigenvalue weighted by atomic mass is 32.2. The number of hydrogen-bond donors (Lipinski definition) is 2. The number of nitrogens with one attached hydrogen (secondary N) is 1. The first-order valence-corrected chi connectivity index (χ1v) is 9.48. The summed E-state index contributed by atoms with van der Waals surface area (Å²) in [6, 6.07) is 20.8. The average Bonchev–Trinajstić information content (AvgIpc) is 3.11. The van der Waals surface area contributed by atoms with Crippen molar-refractivity contribution in [3.63, 3.8) is 0 Å². The molecule has 2 heterocycles. The SMILES string of the molecule is O=C(Cc1cc(O)n2nc(Sc3ccccc3)nc2n1)NCc1ccccc1. The van der Waals surface area contributed by atoms with Crippen LogP contribution in [0.1, 0.15) is 11.3 Å². The maximum atomic E-state index is 12.2. The van der Waals surface area contributed by atoms with Gasteiger partial charge in [0.1, 0.15) is 0 Å². The number of amides is 1. The normalized spacial score (nSPS) is 10.9. The molecule has 4 aromatic rings. The minimum Gasteiger partial charge on any atom is -0.493 e. The van der Waals surface area contributed by atoms with E-state index in [9.17, 15) is 9.90 Å². The Balaban J connectivity index is 1.46. The summed E-state index contributed by atoms with van der Waals surface area (Å²) in [4.78, 5) is 21.9. The van der Waals surface area contributed by atoms with Crippen molar-refractivity contribution in [3.05, 3.63) is 78.0 Å². The standard InChI is InChI=1S/C20H17N5O2S/c26-17(21-13-14-7-3-1-4-8-14)11-15-12-18(27)25-19(22-15)23-20(24-25)28-16-9-5-2-6-10-16/h1-10,12,27H,11,13H2,(H,21,26). The number of nitrogens with zero attached hydrogens (tertiary/aromatic N) is 4. The second-order valence-corrected chi connectivity index (χ2v) is 7.11. The molecular weight excluding hydrogens is 374 g/mol. The van der Waals surface area contributed by atoms with Crippen LogP contribution in [-0.2, 0) is 17.8 Å². The zero-order valence-electron chi connectivity index (χ0n) is 14.8. The summed E-state index contributed by atoms with van der Waals surface area (Å²) in [6.07, 6.45) is 0.0465. The van der Waals surface area contributed by atoms with Crippen molar-refractivity contribution >= 4 is 23.4 Å². The molecule has 0 spiro atoms. The number of aromatic nitrogens is 4. The lowest BCUT2D eigenvalue weighted by Crippen LogP contribution is -2.25. The first-order chi connectivity index (χ1) is 13.7. The molecule has 0 aliphatic carbocycles. The largest absolute Gasteiger partial charge is 0.493 e. The number of fused-ring (bicyclic) bond motifs is 1. The fraction of sp³-hybridized carbons (Fsp3) is 0.100. The van der Waals surface area contributed by atoms with E-state index >= 15 is 0 Å². The summed E-state index contributed by atoms with van der Waals surface area (Å²) in [5.74, 6) is -0.0361. The molecule has 4 rings (SSSR count). The highest BCUT2D eigenvalue weighted by Gasteiger charge is 2.13. The van der Waals surface area contributed by atoms with Crippen molar-refractivity contribution in [3.8, 4) is 5.88 Å². The first-order valence-electron chi connectivity index (χ1n) is 8.66. The van der Waals surface area contributed by atoms with E-state index in [1.54, 1.807) is 0 Å². The van der Waals surface area contributed by atoms with Gasteiger partial charge in [-0.25, -0.2) is 4.98 Å². The monoisotopic (exact) mass is 391 g/mol. The van der Waals surface area contributed by atoms with E-state index in [-0.39, 0.29) is 24.0 Å². The van der Waals surface area contributed by atoms with Crippen molar-refractivity contribution < 1.29 is 9.90 Å². The number of carbonyl (C=O) groups is 1. The third-order valence-corrected chi connectivity index (χ3v) is 4.82. The Bertz CT molecular complexity index is 1100. The van der Waals surface area contributed by atoms with Gasteiger partial charge >= 0.3 is 0 Å². The lowest BCUT2D eigenvalue weighted by molar-refractivity contribution is -0.120. The minimum atomic E-state index is -0.182. The minimum absolute atomic E-state index is 0.0465. The molecule has 0 fully saturated rings. The van der Waals surface area contributed by atoms with Crippen LogP contribution in [0.25, 0.3) is 5.78 Å². The molecule has 0 saturated heterocycles. The Kier molecular flexibility index (Phi) is 5.20. The van der Waals surface area contributed by atoms with E-state index in [4.69, 9.17) is 0 Å². The van der Waals surface area contributed by atoms with E-state index in [2.05, 4.69) is 20.4 Å². The highest BCUT2D eigenvalue weighted by molar-refractivity contribution is 7.99. The molecule has 0 bridgehead atoms. The number of rotatable bonds is 6. The number of hydrogen-bond acceptors (Lipinski definition) is 6. The maximum absolute atomic E-state index is 12.2. The molecule has 0 unspecified atom stereocenters. The van der Waals surface area contributed by atoms with Gasteiger partial charge in [-0.1, -0.05) is 48.5 Å². The van der Waals surface area contributed by atoms with Crippen molar-refractivity contribution in [1.29, 1.82) is 0 Å². The predicted octanol–water partition coefficient (Wildman–Crippen LogP) is 2.84. The molecule has 0 aliphatic rings. The maximum Gasteiger partial charge on any atom is 0.256 e. The molecule has 1 amide bonds. The van der Waals surface area contributed by atoms with E-state index in [0.29, 0.717) is 17.4 Å². The molecule has 0 saturated carbocycles. The molecule has 28 heavy (non-hydrogen) atoms. The third kappa shape index (κ3) is 4.29. The van der Waals surface area contributed by atoms with Gasteiger partial charge in [0.15, 0.2) is 0 Å². The first kappa shape index (κ1) is 18.0. The van der Waals surface area contributed by atoms with Crippen LogP contribution < -0.4 is 5.32 Å². The Morgan fingerprint density at radius 1 is 1.04 bits per heavy atom. The summed E-state index contributed by atoms with van der Waals surface area (Å²) >= 11 is 1.37. The molecular formula is C20H17N5O2S. The number of benzene rings is 2. The molecule has 0 radical (unpaired) electrons. The summed E-state index contributed by atoms with van der Waals surface area (Å²) < 4.78 is 1.26. The average molecular weight is 391 g/mol. The Morgan fingerprint density at radius 3 is 2.50 bits per heavy atom. The summed E-state index contributed by atoms with van der Waals surface area (Å²) in [5, 5.41) is 17.8. The Hall–Kier alpha value is -3.39. The van der Waals surface area contributed by atoms with Gasteiger partial charge in [0.05, 0.1) is 12.1 Å². The molecule has 2 aromatic carbocycles. The van der Waals surface area contributed by atoms with E-state index in [1.165, 1.54) is 22.3 Å². The quantitative estimate of drug-likeness (QED) is 0.525. The van der Waals surface area contributed by atoms with Crippen LogP contribution in [0.5, 0.6) is 5.88 Å². The molecule has 2 aromatic heterocycles. The summed E-state index contributed by atoms with van der Waals surface area (Å²) in [6.45, 7) is 0.441. The van der Waals surface area contributed by atoms with Gasteiger partial charge < -0.3 is 10.4 Å². The van der Waals surface area contributed by atoms with Crippen LogP contribution in [0, 0.1) is 0 Å². The van der Waals surface area contributed by atoms with Gasteiger partial charge in [-0.2, -0.15) is 9.50 Å². The molecule has 7 nitrogen and oxygen atoms in total. The second-order valence-electron chi connectivity index (χ2n) is 6.07. The second kappa shape index (κ2) is 8.10. The van der Waals surface area contributed by atoms with Gasteiger partial charge in [0, 0.05) is 17.5 Å². The van der Waals surface area contributed by atoms with Crippen LogP contribution in [0.3, 0.4) is 0 Å². The lowest BCUT2D eigenvalue weighted by atomic mass is 10.2. The van der Waals surface area contributed by atoms with E-state index in [0.717, 1.165) is 10.5 Å². The summed E-state index contributed by atoms with van der Waals surface area (Å²) in [5.41, 5.74) is 1.45. The van der Waals surface area contributed by atoms with E-state index < -0.39 is 0 Å². The number of aromatic hydroxyl groups is 1. The lowest BCUT2D eigenvalue weighted by Gasteiger charge is -2.05. The van der Waals surface area contributed by atoms with Crippen LogP contribution in [-0.4, -0.2) is 30.6 Å². The molecule has 8 heteroatoms. The van der Waals surface area contributed by atoms with Gasteiger partial charge in [-0.15, -0.1) is 5.10 Å². The Morgan fingerprint density at radius 2 is 1.75 bits per heavy atom. The van der Waals surface area contributed by atoms with Crippen molar-refractivity contribution in [1.82, 2.24) is 24.9 Å². The molecule has 140 valence electrons. The third-order valence-electron chi connectivity index (χ3n) is 3.95. The van der Waals surface area contributed by atoms with Crippen LogP contribution in [0.15, 0.2) is 76.8 Å². The Labute approximate surface area is 165 Å². The molecule has 0 atom stereocenters. The smallest absolute Gasteiger partial charge is 0.256 e. The number of carbonyl (C=O) groups excluding carboxylic acids is 1. The highest BCUT2D eigenvalue weighted by Crippen LogP contribution is 2.25. The van der Waals surface area contributed by atoms with Crippen molar-refractivity contribution in [2.24, 2.45) is 0 Å². The van der Waals surface area contributed by atoms with Gasteiger partial charge in [0.25, 0.3) is 5.78 Å². The van der Waals surface area contributed by atoms with Gasteiger partial charge in [-0.05, 0) is 29.5 Å². The van der Waals surface area contributed by atoms with E-state index in [1.807, 2.05) is 60.7 Å². The topological polar surface area (TPSA) is 92.4 Å². The van der Waals surface area contributed by atoms with Crippen LogP contribution in [0.4, 0.5) is 0 Å². The van der Waals surface area contributed by atoms with Crippen LogP contribution in [0.2, 0.25) is 0 Å². The van der Waals surface area contributed by atoms with Gasteiger partial charge in [0.2, 0.25) is 16.9 Å². The predicted molar refractivity (Wildman–Crippen MR) is 105 cm³/mol. The van der Waals surface area contributed by atoms with Crippen molar-refractivity contribution in [2.75, 3.05) is 0 Å². The zero-order valence-corrected chi connectivity index (χ0v) is 15.6. The fourth-order valence-electron chi connectivity index (χ4n) is 2.63. The fourth-order valence-corrected chi connectivity index (χ4v) is 3.39. The van der Waals surface area contributed by atoms with Gasteiger partial charge in [-0.3, -0.25) is 4.79 Å². The van der Waals surface area contributed by atoms with Crippen molar-refractivity contribution in [2.45, 2.75) is 23.0 Å². The van der Waals surface area contributed by atoms with Crippen LogP contribution >= 0.6 is 11.8 Å². The zero-order chi connectivity index (χ0) is 19.3. The molecule has 0 aliphatic heterocycles. The summed E-state index contributed by atoms with van der Waals surface area (Å²) in [7, 11) is 0.